The van der Waals surface area contributed by atoms with Gasteiger partial charge in [0.2, 0.25) is 5.95 Å². The van der Waals surface area contributed by atoms with Crippen molar-refractivity contribution in [2.24, 2.45) is 0 Å². The van der Waals surface area contributed by atoms with Crippen LogP contribution in [0, 0.1) is 0 Å². The van der Waals surface area contributed by atoms with Gasteiger partial charge in [0.15, 0.2) is 0 Å². The zero-order valence-electron chi connectivity index (χ0n) is 17.6. The van der Waals surface area contributed by atoms with Crippen LogP contribution < -0.4 is 10.1 Å². The summed E-state index contributed by atoms with van der Waals surface area (Å²) < 4.78 is 13.2. The number of nitrogens with zero attached hydrogens (tertiary/aromatic N) is 2. The second kappa shape index (κ2) is 8.61. The smallest absolute Gasteiger partial charge is 0.338 e. The fourth-order valence-electron chi connectivity index (χ4n) is 3.81. The van der Waals surface area contributed by atoms with Crippen molar-refractivity contribution >= 4 is 28.6 Å². The topological polar surface area (TPSA) is 65.4 Å². The molecule has 1 aliphatic heterocycles. The highest BCUT2D eigenvalue weighted by Gasteiger charge is 2.33. The molecule has 6 nitrogen and oxygen atoms in total. The molecule has 0 spiro atoms. The van der Waals surface area contributed by atoms with Gasteiger partial charge < -0.3 is 14.8 Å². The Bertz CT molecular complexity index is 1080. The summed E-state index contributed by atoms with van der Waals surface area (Å²) in [4.78, 5) is 17.7. The summed E-state index contributed by atoms with van der Waals surface area (Å²) in [6.07, 6.45) is 2.12. The van der Waals surface area contributed by atoms with Crippen molar-refractivity contribution in [3.8, 4) is 5.75 Å². The lowest BCUT2D eigenvalue weighted by atomic mass is 9.95. The molecule has 0 aliphatic carbocycles. The van der Waals surface area contributed by atoms with Crippen molar-refractivity contribution in [3.05, 3.63) is 59.7 Å². The first-order chi connectivity index (χ1) is 14.6. The summed E-state index contributed by atoms with van der Waals surface area (Å²) in [7, 11) is 0. The van der Waals surface area contributed by atoms with Crippen LogP contribution in [-0.2, 0) is 9.53 Å². The van der Waals surface area contributed by atoms with E-state index >= 15 is 0 Å². The fourth-order valence-corrected chi connectivity index (χ4v) is 3.81. The predicted molar refractivity (Wildman–Crippen MR) is 118 cm³/mol. The molecule has 30 heavy (non-hydrogen) atoms. The minimum Gasteiger partial charge on any atom is -0.494 e. The van der Waals surface area contributed by atoms with Crippen molar-refractivity contribution in [3.63, 3.8) is 0 Å². The number of carbonyl (C=O) groups is 1. The second-order valence-electron chi connectivity index (χ2n) is 7.33. The van der Waals surface area contributed by atoms with Crippen molar-refractivity contribution < 1.29 is 14.3 Å². The average molecular weight is 405 g/mol. The molecule has 1 aliphatic rings. The van der Waals surface area contributed by atoms with Gasteiger partial charge in [0.25, 0.3) is 0 Å². The SMILES string of the molecule is CCCCOc1ccc(C2Nc3nc4ccccc4n3C(C)=C2C(=O)OCC)cc1. The summed E-state index contributed by atoms with van der Waals surface area (Å²) in [6.45, 7) is 6.93. The molecule has 2 aromatic carbocycles. The first kappa shape index (κ1) is 20.0. The number of carbonyl (C=O) groups excluding carboxylic acids is 1. The number of anilines is 1. The predicted octanol–water partition coefficient (Wildman–Crippen LogP) is 5.18. The average Bonchev–Trinajstić information content (AvgIpc) is 3.13. The van der Waals surface area contributed by atoms with E-state index in [9.17, 15) is 4.79 Å². The van der Waals surface area contributed by atoms with Gasteiger partial charge in [-0.05, 0) is 50.1 Å². The van der Waals surface area contributed by atoms with Gasteiger partial charge in [-0.15, -0.1) is 0 Å². The third-order valence-electron chi connectivity index (χ3n) is 5.32. The summed E-state index contributed by atoms with van der Waals surface area (Å²) in [6, 6.07) is 15.4. The molecule has 6 heteroatoms. The number of imidazole rings is 1. The van der Waals surface area contributed by atoms with Crippen LogP contribution in [0.1, 0.15) is 45.2 Å². The van der Waals surface area contributed by atoms with Crippen LogP contribution in [0.5, 0.6) is 5.75 Å². The molecule has 1 atom stereocenters. The summed E-state index contributed by atoms with van der Waals surface area (Å²) in [5.74, 6) is 1.22. The lowest BCUT2D eigenvalue weighted by molar-refractivity contribution is -0.138. The molecule has 0 saturated carbocycles. The van der Waals surface area contributed by atoms with E-state index in [1.165, 1.54) is 0 Å². The molecule has 1 N–H and O–H groups in total. The van der Waals surface area contributed by atoms with Crippen LogP contribution >= 0.6 is 0 Å². The number of hydrogen-bond donors (Lipinski definition) is 1. The highest BCUT2D eigenvalue weighted by atomic mass is 16.5. The molecule has 2 heterocycles. The van der Waals surface area contributed by atoms with Crippen molar-refractivity contribution in [2.45, 2.75) is 39.7 Å². The number of esters is 1. The second-order valence-corrected chi connectivity index (χ2v) is 7.33. The third kappa shape index (κ3) is 3.65. The highest BCUT2D eigenvalue weighted by molar-refractivity contribution is 6.00. The summed E-state index contributed by atoms with van der Waals surface area (Å²) in [5, 5.41) is 3.45. The minimum atomic E-state index is -0.349. The van der Waals surface area contributed by atoms with Gasteiger partial charge in [0.1, 0.15) is 5.75 Å². The lowest BCUT2D eigenvalue weighted by Crippen LogP contribution is -2.28. The van der Waals surface area contributed by atoms with Crippen molar-refractivity contribution in [1.29, 1.82) is 0 Å². The van der Waals surface area contributed by atoms with E-state index in [-0.39, 0.29) is 12.0 Å². The first-order valence-electron chi connectivity index (χ1n) is 10.5. The first-order valence-corrected chi connectivity index (χ1v) is 10.5. The molecule has 3 aromatic rings. The van der Waals surface area contributed by atoms with E-state index in [1.54, 1.807) is 0 Å². The van der Waals surface area contributed by atoms with Crippen LogP contribution in [0.4, 0.5) is 5.95 Å². The Labute approximate surface area is 176 Å². The van der Waals surface area contributed by atoms with E-state index in [0.29, 0.717) is 18.8 Å². The standard InChI is InChI=1S/C24H27N3O3/c1-4-6-15-30-18-13-11-17(12-14-18)22-21(23(28)29-5-2)16(3)27-20-10-8-7-9-19(20)25-24(27)26-22/h7-14,22H,4-6,15H2,1-3H3,(H,25,26). The van der Waals surface area contributed by atoms with Gasteiger partial charge in [-0.2, -0.15) is 0 Å². The van der Waals surface area contributed by atoms with Gasteiger partial charge in [-0.25, -0.2) is 9.78 Å². The number of unbranched alkanes of at least 4 members (excludes halogenated alkanes) is 1. The Hall–Kier alpha value is -3.28. The van der Waals surface area contributed by atoms with E-state index < -0.39 is 0 Å². The molecule has 0 saturated heterocycles. The van der Waals surface area contributed by atoms with Crippen LogP contribution in [0.3, 0.4) is 0 Å². The van der Waals surface area contributed by atoms with E-state index in [1.807, 2.05) is 66.9 Å². The molecule has 0 amide bonds. The number of para-hydroxylation sites is 2. The number of hydrogen-bond acceptors (Lipinski definition) is 5. The molecule has 1 aromatic heterocycles. The Balaban J connectivity index is 1.74. The van der Waals surface area contributed by atoms with Gasteiger partial charge >= 0.3 is 5.97 Å². The van der Waals surface area contributed by atoms with Crippen LogP contribution in [0.15, 0.2) is 54.1 Å². The molecular formula is C24H27N3O3. The lowest BCUT2D eigenvalue weighted by Gasteiger charge is -2.29. The molecule has 156 valence electrons. The van der Waals surface area contributed by atoms with Gasteiger partial charge in [-0.1, -0.05) is 37.6 Å². The number of nitrogens with one attached hydrogen (secondary N) is 1. The Kier molecular flexibility index (Phi) is 5.74. The normalized spacial score (nSPS) is 15.6. The number of aromatic nitrogens is 2. The number of benzene rings is 2. The summed E-state index contributed by atoms with van der Waals surface area (Å²) in [5.41, 5.74) is 4.20. The molecule has 0 radical (unpaired) electrons. The third-order valence-corrected chi connectivity index (χ3v) is 5.32. The number of allylic oxidation sites excluding steroid dienone is 1. The van der Waals surface area contributed by atoms with Crippen molar-refractivity contribution in [1.82, 2.24) is 9.55 Å². The van der Waals surface area contributed by atoms with Crippen LogP contribution in [0.2, 0.25) is 0 Å². The van der Waals surface area contributed by atoms with Gasteiger partial charge in [0.05, 0.1) is 35.9 Å². The highest BCUT2D eigenvalue weighted by Crippen LogP contribution is 2.39. The van der Waals surface area contributed by atoms with Crippen LogP contribution in [0.25, 0.3) is 16.7 Å². The quantitative estimate of drug-likeness (QED) is 0.434. The zero-order chi connectivity index (χ0) is 21.1. The maximum absolute atomic E-state index is 12.9. The monoisotopic (exact) mass is 405 g/mol. The number of rotatable bonds is 7. The maximum atomic E-state index is 12.9. The molecule has 4 rings (SSSR count). The zero-order valence-corrected chi connectivity index (χ0v) is 17.6. The number of fused-ring (bicyclic) bond motifs is 3. The largest absolute Gasteiger partial charge is 0.494 e. The fraction of sp³-hybridized carbons (Fsp3) is 0.333. The Morgan fingerprint density at radius 2 is 1.90 bits per heavy atom. The molecule has 1 unspecified atom stereocenters. The Morgan fingerprint density at radius 1 is 1.13 bits per heavy atom. The Morgan fingerprint density at radius 3 is 2.63 bits per heavy atom. The maximum Gasteiger partial charge on any atom is 0.338 e. The molecular weight excluding hydrogens is 378 g/mol. The van der Waals surface area contributed by atoms with E-state index in [4.69, 9.17) is 14.5 Å². The number of ether oxygens (including phenoxy) is 2. The van der Waals surface area contributed by atoms with Gasteiger partial charge in [0, 0.05) is 5.70 Å². The molecule has 0 fully saturated rings. The summed E-state index contributed by atoms with van der Waals surface area (Å²) >= 11 is 0. The van der Waals surface area contributed by atoms with Gasteiger partial charge in [-0.3, -0.25) is 4.57 Å². The van der Waals surface area contributed by atoms with E-state index in [0.717, 1.165) is 46.8 Å². The molecule has 0 bridgehead atoms. The van der Waals surface area contributed by atoms with Crippen LogP contribution in [-0.4, -0.2) is 28.7 Å². The van der Waals surface area contributed by atoms with Crippen molar-refractivity contribution in [2.75, 3.05) is 18.5 Å². The van der Waals surface area contributed by atoms with E-state index in [2.05, 4.69) is 12.2 Å². The minimum absolute atomic E-state index is 0.320.